The van der Waals surface area contributed by atoms with Crippen molar-refractivity contribution in [2.24, 2.45) is 5.92 Å². The van der Waals surface area contributed by atoms with Gasteiger partial charge in [-0.05, 0) is 36.6 Å². The van der Waals surface area contributed by atoms with E-state index in [0.29, 0.717) is 19.0 Å². The van der Waals surface area contributed by atoms with Crippen molar-refractivity contribution in [1.29, 1.82) is 0 Å². The number of likely N-dealkylation sites (tertiary alicyclic amines) is 1. The summed E-state index contributed by atoms with van der Waals surface area (Å²) in [7, 11) is 0. The molecular weight excluding hydrogens is 375 g/mol. The Morgan fingerprint density at radius 3 is 2.43 bits per heavy atom. The second-order valence-electron chi connectivity index (χ2n) is 7.17. The number of carbonyl (C=O) groups excluding carboxylic acids is 2. The van der Waals surface area contributed by atoms with Crippen LogP contribution < -0.4 is 5.32 Å². The molecule has 0 aromatic heterocycles. The quantitative estimate of drug-likeness (QED) is 0.818. The SMILES string of the molecule is O=C(NCC(=O)N1CC[C@H](CN2CCOCC2)C1)c1ccc(C(F)(F)F)cc1. The minimum absolute atomic E-state index is 0.0902. The minimum Gasteiger partial charge on any atom is -0.379 e. The van der Waals surface area contributed by atoms with Gasteiger partial charge >= 0.3 is 6.18 Å². The molecule has 2 saturated heterocycles. The lowest BCUT2D eigenvalue weighted by Gasteiger charge is -2.29. The van der Waals surface area contributed by atoms with Crippen LogP contribution in [0.1, 0.15) is 22.3 Å². The van der Waals surface area contributed by atoms with E-state index >= 15 is 0 Å². The number of benzene rings is 1. The first-order valence-electron chi connectivity index (χ1n) is 9.36. The fourth-order valence-electron chi connectivity index (χ4n) is 3.54. The fraction of sp³-hybridized carbons (Fsp3) is 0.579. The van der Waals surface area contributed by atoms with Gasteiger partial charge in [0, 0.05) is 38.3 Å². The van der Waals surface area contributed by atoms with Gasteiger partial charge in [-0.1, -0.05) is 0 Å². The van der Waals surface area contributed by atoms with E-state index in [2.05, 4.69) is 10.2 Å². The van der Waals surface area contributed by atoms with Gasteiger partial charge in [0.05, 0.1) is 25.3 Å². The van der Waals surface area contributed by atoms with Crippen LogP contribution in [-0.4, -0.2) is 74.1 Å². The molecule has 2 fully saturated rings. The lowest BCUT2D eigenvalue weighted by Crippen LogP contribution is -2.41. The Kier molecular flexibility index (Phi) is 6.56. The highest BCUT2D eigenvalue weighted by Crippen LogP contribution is 2.29. The number of amides is 2. The van der Waals surface area contributed by atoms with Crippen molar-refractivity contribution in [3.05, 3.63) is 35.4 Å². The number of hydrogen-bond donors (Lipinski definition) is 1. The molecule has 9 heteroatoms. The number of nitrogens with zero attached hydrogens (tertiary/aromatic N) is 2. The van der Waals surface area contributed by atoms with Gasteiger partial charge in [-0.2, -0.15) is 13.2 Å². The molecule has 3 rings (SSSR count). The van der Waals surface area contributed by atoms with Crippen molar-refractivity contribution >= 4 is 11.8 Å². The predicted molar refractivity (Wildman–Crippen MR) is 95.7 cm³/mol. The molecule has 28 heavy (non-hydrogen) atoms. The molecule has 6 nitrogen and oxygen atoms in total. The van der Waals surface area contributed by atoms with E-state index in [1.807, 2.05) is 0 Å². The standard InChI is InChI=1S/C19H24F3N3O3/c20-19(21,22)16-3-1-15(2-4-16)18(27)23-11-17(26)25-6-5-14(13-25)12-24-7-9-28-10-8-24/h1-4,14H,5-13H2,(H,23,27)/t14-/m1/s1. The number of alkyl halides is 3. The van der Waals surface area contributed by atoms with E-state index in [1.165, 1.54) is 0 Å². The zero-order valence-electron chi connectivity index (χ0n) is 15.5. The van der Waals surface area contributed by atoms with Gasteiger partial charge in [0.1, 0.15) is 0 Å². The normalized spacial score (nSPS) is 21.0. The second-order valence-corrected chi connectivity index (χ2v) is 7.17. The van der Waals surface area contributed by atoms with Gasteiger partial charge in [0.25, 0.3) is 5.91 Å². The molecule has 2 aliphatic heterocycles. The highest BCUT2D eigenvalue weighted by atomic mass is 19.4. The molecule has 154 valence electrons. The zero-order chi connectivity index (χ0) is 20.1. The topological polar surface area (TPSA) is 61.9 Å². The molecule has 0 spiro atoms. The highest BCUT2D eigenvalue weighted by Gasteiger charge is 2.30. The summed E-state index contributed by atoms with van der Waals surface area (Å²) in [4.78, 5) is 28.5. The maximum absolute atomic E-state index is 12.6. The maximum atomic E-state index is 12.6. The Hall–Kier alpha value is -2.13. The average molecular weight is 399 g/mol. The molecule has 2 aliphatic rings. The van der Waals surface area contributed by atoms with Crippen molar-refractivity contribution in [1.82, 2.24) is 15.1 Å². The van der Waals surface area contributed by atoms with Crippen LogP contribution in [0, 0.1) is 5.92 Å². The molecule has 1 aromatic rings. The van der Waals surface area contributed by atoms with Gasteiger partial charge in [-0.25, -0.2) is 0 Å². The van der Waals surface area contributed by atoms with Crippen LogP contribution in [0.3, 0.4) is 0 Å². The number of nitrogens with one attached hydrogen (secondary N) is 1. The van der Waals surface area contributed by atoms with Gasteiger partial charge in [0.2, 0.25) is 5.91 Å². The van der Waals surface area contributed by atoms with Crippen molar-refractivity contribution in [2.45, 2.75) is 12.6 Å². The molecule has 0 aliphatic carbocycles. The van der Waals surface area contributed by atoms with Crippen molar-refractivity contribution < 1.29 is 27.5 Å². The average Bonchev–Trinajstić information content (AvgIpc) is 3.14. The van der Waals surface area contributed by atoms with E-state index in [1.54, 1.807) is 4.90 Å². The van der Waals surface area contributed by atoms with Gasteiger partial charge in [-0.15, -0.1) is 0 Å². The first kappa shape index (κ1) is 20.6. The number of halogens is 3. The minimum atomic E-state index is -4.45. The van der Waals surface area contributed by atoms with Gasteiger partial charge in [-0.3, -0.25) is 14.5 Å². The molecule has 2 amide bonds. The molecule has 1 atom stereocenters. The maximum Gasteiger partial charge on any atom is 0.416 e. The fourth-order valence-corrected chi connectivity index (χ4v) is 3.54. The summed E-state index contributed by atoms with van der Waals surface area (Å²) in [6, 6.07) is 3.93. The summed E-state index contributed by atoms with van der Waals surface area (Å²) in [6.07, 6.45) is -3.52. The largest absolute Gasteiger partial charge is 0.416 e. The summed E-state index contributed by atoms with van der Waals surface area (Å²) in [5, 5.41) is 2.49. The van der Waals surface area contributed by atoms with E-state index in [9.17, 15) is 22.8 Å². The van der Waals surface area contributed by atoms with Crippen molar-refractivity contribution in [3.8, 4) is 0 Å². The monoisotopic (exact) mass is 399 g/mol. The van der Waals surface area contributed by atoms with E-state index < -0.39 is 17.6 Å². The summed E-state index contributed by atoms with van der Waals surface area (Å²) in [5.41, 5.74) is -0.726. The molecule has 0 bridgehead atoms. The van der Waals surface area contributed by atoms with E-state index in [4.69, 9.17) is 4.74 Å². The number of rotatable bonds is 5. The molecule has 0 radical (unpaired) electrons. The Balaban J connectivity index is 1.43. The summed E-state index contributed by atoms with van der Waals surface area (Å²) >= 11 is 0. The molecule has 0 unspecified atom stereocenters. The number of hydrogen-bond acceptors (Lipinski definition) is 4. The Bertz CT molecular complexity index is 688. The number of ether oxygens (including phenoxy) is 1. The number of carbonyl (C=O) groups is 2. The third-order valence-electron chi connectivity index (χ3n) is 5.13. The molecule has 1 aromatic carbocycles. The number of morpholine rings is 1. The van der Waals surface area contributed by atoms with Crippen LogP contribution in [0.4, 0.5) is 13.2 Å². The lowest BCUT2D eigenvalue weighted by atomic mass is 10.1. The summed E-state index contributed by atoms with van der Waals surface area (Å²) in [5.74, 6) is -0.330. The Morgan fingerprint density at radius 1 is 1.11 bits per heavy atom. The van der Waals surface area contributed by atoms with Crippen LogP contribution in [-0.2, 0) is 15.7 Å². The molecular formula is C19H24F3N3O3. The smallest absolute Gasteiger partial charge is 0.379 e. The van der Waals surface area contributed by atoms with E-state index in [-0.39, 0.29) is 18.0 Å². The van der Waals surface area contributed by atoms with E-state index in [0.717, 1.165) is 63.5 Å². The first-order chi connectivity index (χ1) is 13.3. The Morgan fingerprint density at radius 2 is 1.79 bits per heavy atom. The zero-order valence-corrected chi connectivity index (χ0v) is 15.5. The lowest BCUT2D eigenvalue weighted by molar-refractivity contribution is -0.137. The van der Waals surface area contributed by atoms with Crippen LogP contribution >= 0.6 is 0 Å². The Labute approximate surface area is 161 Å². The molecule has 1 N–H and O–H groups in total. The van der Waals surface area contributed by atoms with Gasteiger partial charge in [0.15, 0.2) is 0 Å². The third-order valence-corrected chi connectivity index (χ3v) is 5.13. The van der Waals surface area contributed by atoms with Crippen molar-refractivity contribution in [2.75, 3.05) is 52.5 Å². The van der Waals surface area contributed by atoms with Crippen LogP contribution in [0.25, 0.3) is 0 Å². The summed E-state index contributed by atoms with van der Waals surface area (Å²) in [6.45, 7) is 5.39. The third kappa shape index (κ3) is 5.45. The highest BCUT2D eigenvalue weighted by molar-refractivity contribution is 5.96. The molecule has 0 saturated carbocycles. The van der Waals surface area contributed by atoms with Crippen molar-refractivity contribution in [3.63, 3.8) is 0 Å². The summed E-state index contributed by atoms with van der Waals surface area (Å²) < 4.78 is 43.0. The predicted octanol–water partition coefficient (Wildman–Crippen LogP) is 1.62. The van der Waals surface area contributed by atoms with Gasteiger partial charge < -0.3 is 15.0 Å². The first-order valence-corrected chi connectivity index (χ1v) is 9.36. The second kappa shape index (κ2) is 8.91. The van der Waals surface area contributed by atoms with Crippen LogP contribution in [0.5, 0.6) is 0 Å². The van der Waals surface area contributed by atoms with Crippen LogP contribution in [0.2, 0.25) is 0 Å². The molecule has 2 heterocycles. The van der Waals surface area contributed by atoms with Crippen LogP contribution in [0.15, 0.2) is 24.3 Å².